The molecule has 0 aliphatic carbocycles. The number of halogens is 3. The van der Waals surface area contributed by atoms with E-state index in [0.717, 1.165) is 0 Å². The van der Waals surface area contributed by atoms with Crippen LogP contribution in [0.4, 0.5) is 13.2 Å². The molecule has 0 bridgehead atoms. The number of H-pyrrole nitrogens is 1. The number of alkyl halides is 3. The summed E-state index contributed by atoms with van der Waals surface area (Å²) in [6.45, 7) is 0.275. The van der Waals surface area contributed by atoms with Crippen molar-refractivity contribution in [2.24, 2.45) is 0 Å². The molecule has 0 atom stereocenters. The summed E-state index contributed by atoms with van der Waals surface area (Å²) in [5.41, 5.74) is 0.468. The third-order valence-corrected chi connectivity index (χ3v) is 3.97. The average molecular weight is 314 g/mol. The van der Waals surface area contributed by atoms with E-state index < -0.39 is 22.6 Å². The first kappa shape index (κ1) is 16.9. The van der Waals surface area contributed by atoms with Gasteiger partial charge in [0, 0.05) is 25.1 Å². The predicted octanol–water partition coefficient (Wildman–Crippen LogP) is 1.14. The number of hydrogen-bond donors (Lipinski definition) is 3. The monoisotopic (exact) mass is 314 g/mol. The summed E-state index contributed by atoms with van der Waals surface area (Å²) in [6, 6.07) is 0. The van der Waals surface area contributed by atoms with Crippen molar-refractivity contribution in [1.82, 2.24) is 20.2 Å². The Balaban J connectivity index is 2.48. The minimum Gasteiger partial charge on any atom is -0.316 e. The number of aromatic amines is 1. The lowest BCUT2D eigenvalue weighted by atomic mass is 10.2. The van der Waals surface area contributed by atoms with Gasteiger partial charge in [-0.15, -0.1) is 0 Å². The molecule has 0 amide bonds. The lowest BCUT2D eigenvalue weighted by Crippen LogP contribution is -2.26. The molecule has 0 aliphatic rings. The van der Waals surface area contributed by atoms with Crippen LogP contribution in [0, 0.1) is 0 Å². The predicted molar refractivity (Wildman–Crippen MR) is 66.4 cm³/mol. The molecule has 0 aliphatic heterocycles. The maximum atomic E-state index is 11.9. The highest BCUT2D eigenvalue weighted by Crippen LogP contribution is 2.22. The SMILES string of the molecule is CNCc1cn[nH]c1S(=O)(=O)NCCCCC(F)(F)F. The fourth-order valence-corrected chi connectivity index (χ4v) is 2.78. The largest absolute Gasteiger partial charge is 0.389 e. The Hall–Kier alpha value is -1.13. The summed E-state index contributed by atoms with van der Waals surface area (Å²) in [5, 5.41) is 8.76. The van der Waals surface area contributed by atoms with E-state index >= 15 is 0 Å². The third-order valence-electron chi connectivity index (χ3n) is 2.49. The fraction of sp³-hybridized carbons (Fsp3) is 0.700. The van der Waals surface area contributed by atoms with Gasteiger partial charge in [-0.2, -0.15) is 18.3 Å². The van der Waals surface area contributed by atoms with Crippen LogP contribution >= 0.6 is 0 Å². The molecule has 0 saturated heterocycles. The third kappa shape index (κ3) is 5.47. The van der Waals surface area contributed by atoms with Crippen LogP contribution in [0.2, 0.25) is 0 Å². The van der Waals surface area contributed by atoms with Crippen LogP contribution < -0.4 is 10.0 Å². The van der Waals surface area contributed by atoms with E-state index in [1.165, 1.54) is 6.20 Å². The van der Waals surface area contributed by atoms with Crippen LogP contribution in [0.1, 0.15) is 24.8 Å². The Morgan fingerprint density at radius 2 is 2.05 bits per heavy atom. The van der Waals surface area contributed by atoms with Gasteiger partial charge in [-0.1, -0.05) is 0 Å². The zero-order chi connectivity index (χ0) is 15.2. The Morgan fingerprint density at radius 1 is 1.35 bits per heavy atom. The zero-order valence-corrected chi connectivity index (χ0v) is 11.7. The first-order valence-electron chi connectivity index (χ1n) is 5.99. The maximum Gasteiger partial charge on any atom is 0.389 e. The lowest BCUT2D eigenvalue weighted by Gasteiger charge is -2.08. The number of sulfonamides is 1. The molecule has 0 saturated carbocycles. The molecule has 0 radical (unpaired) electrons. The quantitative estimate of drug-likeness (QED) is 0.628. The number of nitrogens with one attached hydrogen (secondary N) is 3. The van der Waals surface area contributed by atoms with Crippen LogP contribution in [0.3, 0.4) is 0 Å². The first-order valence-corrected chi connectivity index (χ1v) is 7.48. The van der Waals surface area contributed by atoms with E-state index in [1.807, 2.05) is 0 Å². The molecule has 6 nitrogen and oxygen atoms in total. The number of rotatable bonds is 8. The highest BCUT2D eigenvalue weighted by molar-refractivity contribution is 7.89. The second kappa shape index (κ2) is 7.04. The molecular weight excluding hydrogens is 297 g/mol. The molecular formula is C10H17F3N4O2S. The van der Waals surface area contributed by atoms with Gasteiger partial charge in [0.25, 0.3) is 10.0 Å². The highest BCUT2D eigenvalue weighted by atomic mass is 32.2. The number of hydrogen-bond acceptors (Lipinski definition) is 4. The Kier molecular flexibility index (Phi) is 5.96. The summed E-state index contributed by atoms with van der Waals surface area (Å²) >= 11 is 0. The molecule has 10 heteroatoms. The van der Waals surface area contributed by atoms with Gasteiger partial charge in [0.05, 0.1) is 6.20 Å². The van der Waals surface area contributed by atoms with Crippen molar-refractivity contribution in [1.29, 1.82) is 0 Å². The first-order chi connectivity index (χ1) is 9.26. The summed E-state index contributed by atoms with van der Waals surface area (Å²) in [7, 11) is -2.11. The molecule has 20 heavy (non-hydrogen) atoms. The smallest absolute Gasteiger partial charge is 0.316 e. The summed E-state index contributed by atoms with van der Waals surface area (Å²) < 4.78 is 61.8. The van der Waals surface area contributed by atoms with Crippen LogP contribution in [0.15, 0.2) is 11.2 Å². The lowest BCUT2D eigenvalue weighted by molar-refractivity contribution is -0.135. The van der Waals surface area contributed by atoms with Gasteiger partial charge in [-0.25, -0.2) is 13.1 Å². The van der Waals surface area contributed by atoms with Crippen molar-refractivity contribution < 1.29 is 21.6 Å². The van der Waals surface area contributed by atoms with E-state index in [1.54, 1.807) is 7.05 Å². The minimum atomic E-state index is -4.21. The van der Waals surface area contributed by atoms with Crippen LogP contribution in [-0.2, 0) is 16.6 Å². The maximum absolute atomic E-state index is 11.9. The van der Waals surface area contributed by atoms with E-state index in [9.17, 15) is 21.6 Å². The molecule has 1 rings (SSSR count). The number of aromatic nitrogens is 2. The van der Waals surface area contributed by atoms with Crippen molar-refractivity contribution >= 4 is 10.0 Å². The molecule has 0 fully saturated rings. The molecule has 116 valence electrons. The minimum absolute atomic E-state index is 0.0452. The summed E-state index contributed by atoms with van der Waals surface area (Å²) in [6.07, 6.45) is -3.73. The Labute approximate surface area is 115 Å². The van der Waals surface area contributed by atoms with E-state index in [2.05, 4.69) is 20.2 Å². The molecule has 0 spiro atoms. The molecule has 1 aromatic rings. The molecule has 0 aromatic carbocycles. The molecule has 1 aromatic heterocycles. The second-order valence-corrected chi connectivity index (χ2v) is 5.93. The van der Waals surface area contributed by atoms with Gasteiger partial charge in [-0.05, 0) is 19.9 Å². The van der Waals surface area contributed by atoms with Crippen molar-refractivity contribution in [3.8, 4) is 0 Å². The Bertz CT molecular complexity index is 513. The van der Waals surface area contributed by atoms with Crippen LogP contribution in [-0.4, -0.2) is 38.4 Å². The summed E-state index contributed by atoms with van der Waals surface area (Å²) in [5.74, 6) is 0. The summed E-state index contributed by atoms with van der Waals surface area (Å²) in [4.78, 5) is 0. The van der Waals surface area contributed by atoms with Crippen molar-refractivity contribution in [2.75, 3.05) is 13.6 Å². The van der Waals surface area contributed by atoms with E-state index in [-0.39, 0.29) is 24.4 Å². The highest BCUT2D eigenvalue weighted by Gasteiger charge is 2.26. The van der Waals surface area contributed by atoms with Gasteiger partial charge < -0.3 is 5.32 Å². The zero-order valence-electron chi connectivity index (χ0n) is 10.9. The fourth-order valence-electron chi connectivity index (χ4n) is 1.58. The van der Waals surface area contributed by atoms with Crippen molar-refractivity contribution in [3.05, 3.63) is 11.8 Å². The van der Waals surface area contributed by atoms with Gasteiger partial charge in [-0.3, -0.25) is 5.10 Å². The molecule has 0 unspecified atom stereocenters. The number of nitrogens with zero attached hydrogens (tertiary/aromatic N) is 1. The van der Waals surface area contributed by atoms with Crippen molar-refractivity contribution in [2.45, 2.75) is 37.0 Å². The van der Waals surface area contributed by atoms with Gasteiger partial charge in [0.1, 0.15) is 0 Å². The average Bonchev–Trinajstić information content (AvgIpc) is 2.76. The molecule has 3 N–H and O–H groups in total. The van der Waals surface area contributed by atoms with Crippen LogP contribution in [0.5, 0.6) is 0 Å². The van der Waals surface area contributed by atoms with E-state index in [4.69, 9.17) is 0 Å². The molecule has 1 heterocycles. The van der Waals surface area contributed by atoms with Gasteiger partial charge in [0.2, 0.25) is 0 Å². The topological polar surface area (TPSA) is 86.9 Å². The second-order valence-electron chi connectivity index (χ2n) is 4.22. The number of unbranched alkanes of at least 4 members (excludes halogenated alkanes) is 1. The van der Waals surface area contributed by atoms with Gasteiger partial charge >= 0.3 is 6.18 Å². The van der Waals surface area contributed by atoms with E-state index in [0.29, 0.717) is 12.1 Å². The van der Waals surface area contributed by atoms with Crippen molar-refractivity contribution in [3.63, 3.8) is 0 Å². The van der Waals surface area contributed by atoms with Crippen LogP contribution in [0.25, 0.3) is 0 Å². The Morgan fingerprint density at radius 3 is 2.65 bits per heavy atom. The normalized spacial score (nSPS) is 12.8. The van der Waals surface area contributed by atoms with Gasteiger partial charge in [0.15, 0.2) is 5.03 Å². The standard InChI is InChI=1S/C10H17F3N4O2S/c1-14-6-8-7-15-17-9(8)20(18,19)16-5-3-2-4-10(11,12)13/h7,14,16H,2-6H2,1H3,(H,15,17).